The lowest BCUT2D eigenvalue weighted by Gasteiger charge is -2.34. The molecule has 3 heteroatoms. The zero-order valence-electron chi connectivity index (χ0n) is 11.9. The topological polar surface area (TPSA) is 47.3 Å². The van der Waals surface area contributed by atoms with Crippen molar-refractivity contribution in [1.82, 2.24) is 5.32 Å². The number of benzene rings is 1. The summed E-state index contributed by atoms with van der Waals surface area (Å²) in [5.74, 6) is 0. The Balaban J connectivity index is 1.95. The largest absolute Gasteiger partial charge is 0.377 e. The Kier molecular flexibility index (Phi) is 5.37. The van der Waals surface area contributed by atoms with Crippen LogP contribution in [0.15, 0.2) is 30.3 Å². The van der Waals surface area contributed by atoms with Crippen LogP contribution < -0.4 is 11.1 Å². The molecule has 0 aliphatic carbocycles. The number of hydrogen-bond donors (Lipinski definition) is 2. The molecule has 1 aliphatic heterocycles. The van der Waals surface area contributed by atoms with Crippen molar-refractivity contribution in [2.45, 2.75) is 44.2 Å². The van der Waals surface area contributed by atoms with Gasteiger partial charge in [-0.25, -0.2) is 0 Å². The van der Waals surface area contributed by atoms with Crippen molar-refractivity contribution in [2.75, 3.05) is 19.7 Å². The van der Waals surface area contributed by atoms with E-state index in [1.165, 1.54) is 18.4 Å². The van der Waals surface area contributed by atoms with Crippen LogP contribution in [-0.4, -0.2) is 31.3 Å². The molecular formula is C16H26N2O. The fourth-order valence-corrected chi connectivity index (χ4v) is 2.72. The first kappa shape index (κ1) is 14.5. The van der Waals surface area contributed by atoms with Gasteiger partial charge >= 0.3 is 0 Å². The van der Waals surface area contributed by atoms with Gasteiger partial charge in [-0.2, -0.15) is 0 Å². The highest BCUT2D eigenvalue weighted by molar-refractivity contribution is 5.18. The molecule has 19 heavy (non-hydrogen) atoms. The van der Waals surface area contributed by atoms with E-state index in [4.69, 9.17) is 10.5 Å². The van der Waals surface area contributed by atoms with Crippen LogP contribution in [0.1, 0.15) is 31.7 Å². The lowest BCUT2D eigenvalue weighted by molar-refractivity contribution is 0.100. The van der Waals surface area contributed by atoms with Crippen molar-refractivity contribution in [3.63, 3.8) is 0 Å². The molecular weight excluding hydrogens is 236 g/mol. The summed E-state index contributed by atoms with van der Waals surface area (Å²) in [6.07, 6.45) is 4.74. The van der Waals surface area contributed by atoms with Gasteiger partial charge in [0.25, 0.3) is 0 Å². The molecule has 0 aromatic heterocycles. The van der Waals surface area contributed by atoms with Gasteiger partial charge in [0, 0.05) is 25.2 Å². The molecule has 1 aromatic carbocycles. The second-order valence-corrected chi connectivity index (χ2v) is 5.52. The third kappa shape index (κ3) is 4.03. The van der Waals surface area contributed by atoms with Crippen LogP contribution >= 0.6 is 0 Å². The van der Waals surface area contributed by atoms with Crippen LogP contribution in [0.3, 0.4) is 0 Å². The van der Waals surface area contributed by atoms with Gasteiger partial charge in [-0.3, -0.25) is 0 Å². The Hall–Kier alpha value is -0.900. The Bertz CT molecular complexity index is 356. The first-order valence-corrected chi connectivity index (χ1v) is 7.38. The average Bonchev–Trinajstić information content (AvgIpc) is 2.98. The van der Waals surface area contributed by atoms with Crippen LogP contribution in [0.4, 0.5) is 0 Å². The van der Waals surface area contributed by atoms with E-state index in [9.17, 15) is 0 Å². The Morgan fingerprint density at radius 1 is 1.37 bits per heavy atom. The van der Waals surface area contributed by atoms with Crippen molar-refractivity contribution in [3.8, 4) is 0 Å². The van der Waals surface area contributed by atoms with Crippen molar-refractivity contribution in [1.29, 1.82) is 0 Å². The van der Waals surface area contributed by atoms with Gasteiger partial charge in [-0.15, -0.1) is 0 Å². The SMILES string of the molecule is CCC(CN)(Cc1ccccc1)NCC1CCCO1. The molecule has 1 aromatic rings. The number of ether oxygens (including phenoxy) is 1. The molecule has 1 fully saturated rings. The highest BCUT2D eigenvalue weighted by Gasteiger charge is 2.28. The van der Waals surface area contributed by atoms with E-state index in [0.29, 0.717) is 12.6 Å². The summed E-state index contributed by atoms with van der Waals surface area (Å²) in [4.78, 5) is 0. The molecule has 0 spiro atoms. The lowest BCUT2D eigenvalue weighted by atomic mass is 9.88. The fourth-order valence-electron chi connectivity index (χ4n) is 2.72. The summed E-state index contributed by atoms with van der Waals surface area (Å²) in [6, 6.07) is 10.6. The molecule has 3 N–H and O–H groups in total. The molecule has 106 valence electrons. The molecule has 2 atom stereocenters. The fraction of sp³-hybridized carbons (Fsp3) is 0.625. The van der Waals surface area contributed by atoms with Gasteiger partial charge in [0.05, 0.1) is 6.10 Å². The molecule has 1 saturated heterocycles. The summed E-state index contributed by atoms with van der Waals surface area (Å²) in [6.45, 7) is 4.69. The van der Waals surface area contributed by atoms with E-state index < -0.39 is 0 Å². The lowest BCUT2D eigenvalue weighted by Crippen LogP contribution is -2.54. The van der Waals surface area contributed by atoms with Crippen molar-refractivity contribution < 1.29 is 4.74 Å². The second kappa shape index (κ2) is 7.04. The van der Waals surface area contributed by atoms with Gasteiger partial charge in [-0.05, 0) is 31.2 Å². The monoisotopic (exact) mass is 262 g/mol. The maximum atomic E-state index is 6.05. The van der Waals surface area contributed by atoms with E-state index >= 15 is 0 Å². The van der Waals surface area contributed by atoms with Crippen LogP contribution in [0, 0.1) is 0 Å². The summed E-state index contributed by atoms with van der Waals surface area (Å²) in [7, 11) is 0. The third-order valence-electron chi connectivity index (χ3n) is 4.18. The highest BCUT2D eigenvalue weighted by Crippen LogP contribution is 2.18. The Labute approximate surface area is 116 Å². The molecule has 3 nitrogen and oxygen atoms in total. The van der Waals surface area contributed by atoms with Crippen LogP contribution in [0.5, 0.6) is 0 Å². The third-order valence-corrected chi connectivity index (χ3v) is 4.18. The predicted molar refractivity (Wildman–Crippen MR) is 79.2 cm³/mol. The van der Waals surface area contributed by atoms with Crippen LogP contribution in [0.25, 0.3) is 0 Å². The molecule has 0 saturated carbocycles. The maximum Gasteiger partial charge on any atom is 0.0700 e. The number of hydrogen-bond acceptors (Lipinski definition) is 3. The molecule has 0 amide bonds. The summed E-state index contributed by atoms with van der Waals surface area (Å²) < 4.78 is 5.68. The predicted octanol–water partition coefficient (Wildman–Crippen LogP) is 2.11. The van der Waals surface area contributed by atoms with Crippen molar-refractivity contribution >= 4 is 0 Å². The Morgan fingerprint density at radius 2 is 2.16 bits per heavy atom. The number of nitrogens with two attached hydrogens (primary N) is 1. The van der Waals surface area contributed by atoms with Crippen molar-refractivity contribution in [3.05, 3.63) is 35.9 Å². The maximum absolute atomic E-state index is 6.05. The minimum Gasteiger partial charge on any atom is -0.377 e. The standard InChI is InChI=1S/C16H26N2O/c1-2-16(13-17,11-14-7-4-3-5-8-14)18-12-15-9-6-10-19-15/h3-5,7-8,15,18H,2,6,9-13,17H2,1H3. The minimum absolute atomic E-state index is 0.00664. The minimum atomic E-state index is -0.00664. The zero-order valence-corrected chi connectivity index (χ0v) is 11.9. The first-order valence-electron chi connectivity index (χ1n) is 7.38. The Morgan fingerprint density at radius 3 is 2.74 bits per heavy atom. The summed E-state index contributed by atoms with van der Waals surface area (Å²) in [5.41, 5.74) is 7.38. The summed E-state index contributed by atoms with van der Waals surface area (Å²) in [5, 5.41) is 3.67. The van der Waals surface area contributed by atoms with Gasteiger partial charge in [0.1, 0.15) is 0 Å². The van der Waals surface area contributed by atoms with Gasteiger partial charge in [-0.1, -0.05) is 37.3 Å². The van der Waals surface area contributed by atoms with Crippen LogP contribution in [-0.2, 0) is 11.2 Å². The molecule has 0 radical (unpaired) electrons. The molecule has 1 aliphatic rings. The van der Waals surface area contributed by atoms with E-state index in [0.717, 1.165) is 26.0 Å². The van der Waals surface area contributed by atoms with E-state index in [-0.39, 0.29) is 5.54 Å². The number of rotatable bonds is 7. The van der Waals surface area contributed by atoms with Crippen molar-refractivity contribution in [2.24, 2.45) is 5.73 Å². The first-order chi connectivity index (χ1) is 9.28. The highest BCUT2D eigenvalue weighted by atomic mass is 16.5. The molecule has 2 rings (SSSR count). The smallest absolute Gasteiger partial charge is 0.0700 e. The second-order valence-electron chi connectivity index (χ2n) is 5.52. The molecule has 1 heterocycles. The average molecular weight is 262 g/mol. The zero-order chi connectivity index (χ0) is 13.6. The molecule has 0 bridgehead atoms. The quantitative estimate of drug-likeness (QED) is 0.791. The number of nitrogens with one attached hydrogen (secondary N) is 1. The van der Waals surface area contributed by atoms with E-state index in [1.807, 2.05) is 0 Å². The normalized spacial score (nSPS) is 22.3. The van der Waals surface area contributed by atoms with Crippen LogP contribution in [0.2, 0.25) is 0 Å². The van der Waals surface area contributed by atoms with Gasteiger partial charge in [0.15, 0.2) is 0 Å². The van der Waals surface area contributed by atoms with E-state index in [2.05, 4.69) is 42.6 Å². The van der Waals surface area contributed by atoms with E-state index in [1.54, 1.807) is 0 Å². The van der Waals surface area contributed by atoms with Gasteiger partial charge in [0.2, 0.25) is 0 Å². The summed E-state index contributed by atoms with van der Waals surface area (Å²) >= 11 is 0. The molecule has 2 unspecified atom stereocenters. The van der Waals surface area contributed by atoms with Gasteiger partial charge < -0.3 is 15.8 Å².